The molecule has 0 aromatic carbocycles. The predicted octanol–water partition coefficient (Wildman–Crippen LogP) is 0.0636. The highest BCUT2D eigenvalue weighted by Crippen LogP contribution is 2.10. The number of rotatable bonds is 7. The Hall–Kier alpha value is -1.67. The standard InChI is InChI=1S/C11H21N7O/c1-19-11-15-9(14-10(16-11)17-12)13-5-4-8-18-6-2-3-7-18/h2-8,12H2,1H3,(H2,13,14,15,16,17). The Kier molecular flexibility index (Phi) is 5.10. The van der Waals surface area contributed by atoms with Gasteiger partial charge in [0.15, 0.2) is 0 Å². The SMILES string of the molecule is COc1nc(NN)nc(NCCCN2CCCC2)n1. The number of ether oxygens (including phenoxy) is 1. The summed E-state index contributed by atoms with van der Waals surface area (Å²) < 4.78 is 4.98. The van der Waals surface area contributed by atoms with Gasteiger partial charge < -0.3 is 15.0 Å². The molecule has 0 saturated carbocycles. The Balaban J connectivity index is 1.77. The molecule has 2 heterocycles. The molecule has 2 rings (SSSR count). The third-order valence-electron chi connectivity index (χ3n) is 3.06. The molecule has 1 aliphatic heterocycles. The van der Waals surface area contributed by atoms with Gasteiger partial charge >= 0.3 is 6.01 Å². The molecular weight excluding hydrogens is 246 g/mol. The number of nitrogens with two attached hydrogens (primary N) is 1. The number of likely N-dealkylation sites (tertiary alicyclic amines) is 1. The van der Waals surface area contributed by atoms with Crippen molar-refractivity contribution in [1.29, 1.82) is 0 Å². The van der Waals surface area contributed by atoms with Crippen molar-refractivity contribution in [3.8, 4) is 6.01 Å². The quantitative estimate of drug-likeness (QED) is 0.362. The highest BCUT2D eigenvalue weighted by molar-refractivity contribution is 5.34. The second-order valence-electron chi connectivity index (χ2n) is 4.44. The van der Waals surface area contributed by atoms with Gasteiger partial charge in [0.05, 0.1) is 7.11 Å². The number of nitrogens with one attached hydrogen (secondary N) is 2. The van der Waals surface area contributed by atoms with Gasteiger partial charge in [-0.1, -0.05) is 0 Å². The van der Waals surface area contributed by atoms with Crippen molar-refractivity contribution in [2.75, 3.05) is 44.0 Å². The molecule has 1 fully saturated rings. The molecule has 0 amide bonds. The zero-order valence-corrected chi connectivity index (χ0v) is 11.2. The number of hydrogen-bond acceptors (Lipinski definition) is 8. The summed E-state index contributed by atoms with van der Waals surface area (Å²) in [7, 11) is 1.51. The highest BCUT2D eigenvalue weighted by Gasteiger charge is 2.10. The molecule has 0 unspecified atom stereocenters. The average molecular weight is 267 g/mol. The van der Waals surface area contributed by atoms with Crippen molar-refractivity contribution in [2.24, 2.45) is 5.84 Å². The van der Waals surface area contributed by atoms with Gasteiger partial charge in [-0.05, 0) is 38.9 Å². The van der Waals surface area contributed by atoms with E-state index in [0.717, 1.165) is 19.5 Å². The van der Waals surface area contributed by atoms with Gasteiger partial charge in [-0.3, -0.25) is 5.43 Å². The van der Waals surface area contributed by atoms with Crippen LogP contribution in [-0.4, -0.2) is 53.1 Å². The molecule has 8 heteroatoms. The molecule has 0 bridgehead atoms. The van der Waals surface area contributed by atoms with Crippen molar-refractivity contribution in [1.82, 2.24) is 19.9 Å². The van der Waals surface area contributed by atoms with E-state index in [1.165, 1.54) is 33.0 Å². The first-order valence-corrected chi connectivity index (χ1v) is 6.54. The van der Waals surface area contributed by atoms with Gasteiger partial charge in [0.25, 0.3) is 0 Å². The topological polar surface area (TPSA) is 101 Å². The number of hydrazine groups is 1. The zero-order valence-electron chi connectivity index (χ0n) is 11.2. The van der Waals surface area contributed by atoms with Crippen LogP contribution in [0, 0.1) is 0 Å². The first-order chi connectivity index (χ1) is 9.31. The summed E-state index contributed by atoms with van der Waals surface area (Å²) >= 11 is 0. The fourth-order valence-electron chi connectivity index (χ4n) is 2.10. The minimum absolute atomic E-state index is 0.241. The summed E-state index contributed by atoms with van der Waals surface area (Å²) in [5.41, 5.74) is 2.39. The van der Waals surface area contributed by atoms with Crippen molar-refractivity contribution in [3.05, 3.63) is 0 Å². The summed E-state index contributed by atoms with van der Waals surface area (Å²) in [5, 5.41) is 3.15. The molecule has 1 aromatic rings. The van der Waals surface area contributed by atoms with Crippen molar-refractivity contribution in [2.45, 2.75) is 19.3 Å². The maximum absolute atomic E-state index is 5.29. The van der Waals surface area contributed by atoms with E-state index >= 15 is 0 Å². The lowest BCUT2D eigenvalue weighted by Gasteiger charge is -2.14. The van der Waals surface area contributed by atoms with E-state index in [1.807, 2.05) is 0 Å². The number of nitrogen functional groups attached to an aromatic ring is 1. The Morgan fingerprint density at radius 1 is 1.21 bits per heavy atom. The van der Waals surface area contributed by atoms with Crippen LogP contribution in [0.1, 0.15) is 19.3 Å². The molecule has 4 N–H and O–H groups in total. The monoisotopic (exact) mass is 267 g/mol. The van der Waals surface area contributed by atoms with Crippen LogP contribution in [0.2, 0.25) is 0 Å². The summed E-state index contributed by atoms with van der Waals surface area (Å²) in [5.74, 6) is 6.05. The second-order valence-corrected chi connectivity index (χ2v) is 4.44. The lowest BCUT2D eigenvalue weighted by molar-refractivity contribution is 0.337. The van der Waals surface area contributed by atoms with Gasteiger partial charge in [0, 0.05) is 6.54 Å². The lowest BCUT2D eigenvalue weighted by Crippen LogP contribution is -2.22. The van der Waals surface area contributed by atoms with Crippen LogP contribution in [0.3, 0.4) is 0 Å². The molecule has 0 atom stereocenters. The summed E-state index contributed by atoms with van der Waals surface area (Å²) in [4.78, 5) is 14.6. The Morgan fingerprint density at radius 3 is 2.63 bits per heavy atom. The van der Waals surface area contributed by atoms with Gasteiger partial charge in [-0.25, -0.2) is 5.84 Å². The van der Waals surface area contributed by atoms with Crippen LogP contribution in [0.4, 0.5) is 11.9 Å². The van der Waals surface area contributed by atoms with E-state index in [1.54, 1.807) is 0 Å². The Bertz CT molecular complexity index is 372. The van der Waals surface area contributed by atoms with Gasteiger partial charge in [-0.15, -0.1) is 0 Å². The molecule has 1 aliphatic rings. The molecular formula is C11H21N7O. The van der Waals surface area contributed by atoms with Crippen LogP contribution in [-0.2, 0) is 0 Å². The van der Waals surface area contributed by atoms with Gasteiger partial charge in [0.1, 0.15) is 0 Å². The zero-order chi connectivity index (χ0) is 13.5. The lowest BCUT2D eigenvalue weighted by atomic mass is 10.4. The van der Waals surface area contributed by atoms with E-state index in [0.29, 0.717) is 5.95 Å². The average Bonchev–Trinajstić information content (AvgIpc) is 2.96. The third-order valence-corrected chi connectivity index (χ3v) is 3.06. The number of aromatic nitrogens is 3. The van der Waals surface area contributed by atoms with E-state index in [-0.39, 0.29) is 12.0 Å². The van der Waals surface area contributed by atoms with E-state index in [2.05, 4.69) is 30.6 Å². The number of methoxy groups -OCH3 is 1. The highest BCUT2D eigenvalue weighted by atomic mass is 16.5. The first-order valence-electron chi connectivity index (χ1n) is 6.54. The van der Waals surface area contributed by atoms with Crippen molar-refractivity contribution in [3.63, 3.8) is 0 Å². The predicted molar refractivity (Wildman–Crippen MR) is 73.0 cm³/mol. The van der Waals surface area contributed by atoms with Crippen LogP contribution in [0.25, 0.3) is 0 Å². The van der Waals surface area contributed by atoms with E-state index in [9.17, 15) is 0 Å². The van der Waals surface area contributed by atoms with Crippen LogP contribution >= 0.6 is 0 Å². The van der Waals surface area contributed by atoms with Gasteiger partial charge in [-0.2, -0.15) is 15.0 Å². The van der Waals surface area contributed by atoms with Crippen molar-refractivity contribution >= 4 is 11.9 Å². The molecule has 106 valence electrons. The minimum atomic E-state index is 0.241. The molecule has 0 spiro atoms. The fourth-order valence-corrected chi connectivity index (χ4v) is 2.10. The first kappa shape index (κ1) is 13.8. The van der Waals surface area contributed by atoms with E-state index < -0.39 is 0 Å². The molecule has 8 nitrogen and oxygen atoms in total. The summed E-state index contributed by atoms with van der Waals surface area (Å²) in [6.07, 6.45) is 3.70. The maximum Gasteiger partial charge on any atom is 0.322 e. The van der Waals surface area contributed by atoms with Crippen LogP contribution in [0.5, 0.6) is 6.01 Å². The summed E-state index contributed by atoms with van der Waals surface area (Å²) in [6, 6.07) is 0.241. The number of hydrogen-bond donors (Lipinski definition) is 3. The van der Waals surface area contributed by atoms with Crippen molar-refractivity contribution < 1.29 is 4.74 Å². The maximum atomic E-state index is 5.29. The molecule has 0 aliphatic carbocycles. The molecule has 0 radical (unpaired) electrons. The smallest absolute Gasteiger partial charge is 0.322 e. The third kappa shape index (κ3) is 4.18. The minimum Gasteiger partial charge on any atom is -0.467 e. The molecule has 1 aromatic heterocycles. The van der Waals surface area contributed by atoms with Crippen LogP contribution in [0.15, 0.2) is 0 Å². The largest absolute Gasteiger partial charge is 0.467 e. The van der Waals surface area contributed by atoms with E-state index in [4.69, 9.17) is 10.6 Å². The normalized spacial score (nSPS) is 15.5. The fraction of sp³-hybridized carbons (Fsp3) is 0.727. The number of anilines is 2. The Labute approximate surface area is 112 Å². The molecule has 19 heavy (non-hydrogen) atoms. The molecule has 1 saturated heterocycles. The van der Waals surface area contributed by atoms with Crippen LogP contribution < -0.4 is 21.3 Å². The Morgan fingerprint density at radius 2 is 1.95 bits per heavy atom. The van der Waals surface area contributed by atoms with Gasteiger partial charge in [0.2, 0.25) is 11.9 Å². The number of nitrogens with zero attached hydrogens (tertiary/aromatic N) is 4. The second kappa shape index (κ2) is 7.05. The summed E-state index contributed by atoms with van der Waals surface area (Å²) in [6.45, 7) is 4.37.